The second kappa shape index (κ2) is 33.9. The van der Waals surface area contributed by atoms with E-state index in [0.29, 0.717) is 13.1 Å². The molecule has 0 bridgehead atoms. The minimum absolute atomic E-state index is 0.0593. The molecule has 0 saturated carbocycles. The van der Waals surface area contributed by atoms with Crippen molar-refractivity contribution >= 4 is 17.8 Å². The third kappa shape index (κ3) is 24.6. The highest BCUT2D eigenvalue weighted by Crippen LogP contribution is 2.22. The van der Waals surface area contributed by atoms with Crippen LogP contribution in [-0.2, 0) is 23.9 Å². The number of carbonyl (C=O) groups excluding carboxylic acids is 3. The Morgan fingerprint density at radius 1 is 0.519 bits per heavy atom. The van der Waals surface area contributed by atoms with Gasteiger partial charge in [-0.05, 0) is 51.6 Å². The Balaban J connectivity index is 2.83. The fourth-order valence-electron chi connectivity index (χ4n) is 7.74. The van der Waals surface area contributed by atoms with Gasteiger partial charge in [-0.3, -0.25) is 14.4 Å². The van der Waals surface area contributed by atoms with Gasteiger partial charge in [0.1, 0.15) is 13.2 Å². The molecule has 0 radical (unpaired) electrons. The number of carbonyl (C=O) groups is 3. The van der Waals surface area contributed by atoms with Gasteiger partial charge in [0.05, 0.1) is 24.9 Å². The first-order chi connectivity index (χ1) is 25.4. The largest absolute Gasteiger partial charge is 0.464 e. The Morgan fingerprint density at radius 2 is 0.865 bits per heavy atom. The van der Waals surface area contributed by atoms with Crippen molar-refractivity contribution < 1.29 is 23.9 Å². The summed E-state index contributed by atoms with van der Waals surface area (Å²) in [5.74, 6) is -0.442. The number of amides is 1. The molecular formula is C45H86N2O5. The number of ether oxygens (including phenoxy) is 2. The van der Waals surface area contributed by atoms with Crippen LogP contribution < -0.4 is 0 Å². The Hall–Kier alpha value is -1.63. The second-order valence-electron chi connectivity index (χ2n) is 16.1. The molecular weight excluding hydrogens is 649 g/mol. The zero-order valence-electron chi connectivity index (χ0n) is 35.2. The van der Waals surface area contributed by atoms with Crippen molar-refractivity contribution in [1.82, 2.24) is 9.80 Å². The smallest absolute Gasteiger partial charge is 0.308 e. The maximum absolute atomic E-state index is 13.9. The monoisotopic (exact) mass is 735 g/mol. The predicted octanol–water partition coefficient (Wildman–Crippen LogP) is 11.7. The maximum atomic E-state index is 13.9. The number of likely N-dealkylation sites (tertiary alicyclic amines) is 1. The van der Waals surface area contributed by atoms with Gasteiger partial charge >= 0.3 is 11.9 Å². The van der Waals surface area contributed by atoms with Gasteiger partial charge in [0.2, 0.25) is 5.91 Å². The zero-order valence-corrected chi connectivity index (χ0v) is 35.2. The van der Waals surface area contributed by atoms with Crippen LogP contribution in [-0.4, -0.2) is 73.6 Å². The number of nitrogens with zero attached hydrogens (tertiary/aromatic N) is 2. The molecule has 7 heteroatoms. The summed E-state index contributed by atoms with van der Waals surface area (Å²) in [6, 6.07) is 0. The molecule has 0 aromatic carbocycles. The Kier molecular flexibility index (Phi) is 31.5. The molecule has 0 aromatic heterocycles. The summed E-state index contributed by atoms with van der Waals surface area (Å²) in [5, 5.41) is 0. The standard InChI is InChI=1S/C45H86N2O5/c1-6-10-14-18-20-25-31-41(29-23-16-12-8-3)44(49)51-37-35-47(43(48)40(5)39-46-33-27-22-28-34-46)36-38-52-45(50)42(30-24-17-13-9-4)32-26-21-19-15-11-7-2/h40-42H,6-39H2,1-5H3. The minimum atomic E-state index is -0.164. The van der Waals surface area contributed by atoms with E-state index in [1.165, 1.54) is 109 Å². The van der Waals surface area contributed by atoms with Gasteiger partial charge in [-0.25, -0.2) is 0 Å². The quantitative estimate of drug-likeness (QED) is 0.0477. The van der Waals surface area contributed by atoms with E-state index in [4.69, 9.17) is 9.47 Å². The van der Waals surface area contributed by atoms with Crippen LogP contribution in [0.25, 0.3) is 0 Å². The summed E-state index contributed by atoms with van der Waals surface area (Å²) in [6.45, 7) is 14.8. The molecule has 1 amide bonds. The van der Waals surface area contributed by atoms with Crippen LogP contribution in [0.15, 0.2) is 0 Å². The highest BCUT2D eigenvalue weighted by Gasteiger charge is 2.26. The first kappa shape index (κ1) is 48.4. The molecule has 1 aliphatic heterocycles. The molecule has 1 rings (SSSR count). The number of rotatable bonds is 35. The van der Waals surface area contributed by atoms with Gasteiger partial charge in [0.15, 0.2) is 0 Å². The van der Waals surface area contributed by atoms with Gasteiger partial charge < -0.3 is 19.3 Å². The van der Waals surface area contributed by atoms with Crippen molar-refractivity contribution in [2.45, 2.75) is 208 Å². The van der Waals surface area contributed by atoms with Crippen molar-refractivity contribution in [1.29, 1.82) is 0 Å². The Bertz CT molecular complexity index is 811. The molecule has 1 fully saturated rings. The number of piperidine rings is 1. The molecule has 1 aliphatic rings. The highest BCUT2D eigenvalue weighted by molar-refractivity contribution is 5.79. The van der Waals surface area contributed by atoms with E-state index in [1.54, 1.807) is 4.90 Å². The molecule has 52 heavy (non-hydrogen) atoms. The van der Waals surface area contributed by atoms with Gasteiger partial charge in [-0.15, -0.1) is 0 Å². The van der Waals surface area contributed by atoms with E-state index in [9.17, 15) is 14.4 Å². The summed E-state index contributed by atoms with van der Waals surface area (Å²) >= 11 is 0. The molecule has 7 nitrogen and oxygen atoms in total. The van der Waals surface area contributed by atoms with Crippen molar-refractivity contribution in [3.8, 4) is 0 Å². The van der Waals surface area contributed by atoms with E-state index in [-0.39, 0.29) is 48.8 Å². The van der Waals surface area contributed by atoms with E-state index >= 15 is 0 Å². The van der Waals surface area contributed by atoms with E-state index in [2.05, 4.69) is 32.6 Å². The van der Waals surface area contributed by atoms with Crippen LogP contribution in [0.4, 0.5) is 0 Å². The van der Waals surface area contributed by atoms with Gasteiger partial charge in [-0.1, -0.05) is 169 Å². The number of esters is 2. The predicted molar refractivity (Wildman–Crippen MR) is 218 cm³/mol. The first-order valence-corrected chi connectivity index (χ1v) is 22.7. The van der Waals surface area contributed by atoms with Gasteiger partial charge in [0.25, 0.3) is 0 Å². The highest BCUT2D eigenvalue weighted by atomic mass is 16.5. The molecule has 306 valence electrons. The van der Waals surface area contributed by atoms with Crippen molar-refractivity contribution in [2.75, 3.05) is 45.9 Å². The summed E-state index contributed by atoms with van der Waals surface area (Å²) < 4.78 is 11.9. The minimum Gasteiger partial charge on any atom is -0.464 e. The van der Waals surface area contributed by atoms with Crippen LogP contribution >= 0.6 is 0 Å². The van der Waals surface area contributed by atoms with E-state index in [1.807, 2.05) is 6.92 Å². The van der Waals surface area contributed by atoms with Crippen LogP contribution in [0, 0.1) is 17.8 Å². The fourth-order valence-corrected chi connectivity index (χ4v) is 7.74. The van der Waals surface area contributed by atoms with E-state index < -0.39 is 0 Å². The van der Waals surface area contributed by atoms with Crippen LogP contribution in [0.2, 0.25) is 0 Å². The average Bonchev–Trinajstić information content (AvgIpc) is 3.15. The molecule has 1 saturated heterocycles. The normalized spacial score (nSPS) is 15.2. The average molecular weight is 735 g/mol. The van der Waals surface area contributed by atoms with Crippen molar-refractivity contribution in [2.24, 2.45) is 17.8 Å². The van der Waals surface area contributed by atoms with Crippen molar-refractivity contribution in [3.05, 3.63) is 0 Å². The lowest BCUT2D eigenvalue weighted by Gasteiger charge is -2.31. The first-order valence-electron chi connectivity index (χ1n) is 22.7. The molecule has 0 aromatic rings. The Morgan fingerprint density at radius 3 is 1.25 bits per heavy atom. The fraction of sp³-hybridized carbons (Fsp3) is 0.933. The van der Waals surface area contributed by atoms with Crippen LogP contribution in [0.1, 0.15) is 208 Å². The van der Waals surface area contributed by atoms with E-state index in [0.717, 1.165) is 83.8 Å². The third-order valence-electron chi connectivity index (χ3n) is 11.2. The second-order valence-corrected chi connectivity index (χ2v) is 16.1. The molecule has 0 aliphatic carbocycles. The van der Waals surface area contributed by atoms with Crippen LogP contribution in [0.3, 0.4) is 0 Å². The molecule has 0 N–H and O–H groups in total. The van der Waals surface area contributed by atoms with Crippen LogP contribution in [0.5, 0.6) is 0 Å². The molecule has 0 spiro atoms. The third-order valence-corrected chi connectivity index (χ3v) is 11.2. The number of hydrogen-bond acceptors (Lipinski definition) is 6. The Labute approximate surface area is 322 Å². The topological polar surface area (TPSA) is 76.1 Å². The number of hydrogen-bond donors (Lipinski definition) is 0. The lowest BCUT2D eigenvalue weighted by molar-refractivity contribution is -0.153. The SMILES string of the molecule is CCCCCCCCC(CCCCCC)C(=O)OCCN(CCOC(=O)C(CCCCCC)CCCCCCCC)C(=O)C(C)CN1CCCCC1. The summed E-state index contributed by atoms with van der Waals surface area (Å²) in [5.41, 5.74) is 0. The zero-order chi connectivity index (χ0) is 38.1. The van der Waals surface area contributed by atoms with Gasteiger partial charge in [0, 0.05) is 12.5 Å². The summed E-state index contributed by atoms with van der Waals surface area (Å²) in [7, 11) is 0. The lowest BCUT2D eigenvalue weighted by Crippen LogP contribution is -2.44. The lowest BCUT2D eigenvalue weighted by atomic mass is 9.94. The summed E-state index contributed by atoms with van der Waals surface area (Å²) in [6.07, 6.45) is 31.0. The molecule has 3 atom stereocenters. The number of unbranched alkanes of at least 4 members (excludes halogenated alkanes) is 16. The summed E-state index contributed by atoms with van der Waals surface area (Å²) in [4.78, 5) is 44.8. The molecule has 1 heterocycles. The van der Waals surface area contributed by atoms with Gasteiger partial charge in [-0.2, -0.15) is 0 Å². The maximum Gasteiger partial charge on any atom is 0.308 e. The van der Waals surface area contributed by atoms with Crippen molar-refractivity contribution in [3.63, 3.8) is 0 Å². The molecule has 3 unspecified atom stereocenters.